The Hall–Kier alpha value is -1.14. The van der Waals surface area contributed by atoms with Crippen LogP contribution in [-0.4, -0.2) is 25.8 Å². The highest BCUT2D eigenvalue weighted by Crippen LogP contribution is 2.39. The molecule has 1 aliphatic heterocycles. The molecule has 4 nitrogen and oxygen atoms in total. The second-order valence-corrected chi connectivity index (χ2v) is 7.71. The summed E-state index contributed by atoms with van der Waals surface area (Å²) in [6.07, 6.45) is 3.74. The predicted molar refractivity (Wildman–Crippen MR) is 81.8 cm³/mol. The first-order valence-corrected chi connectivity index (χ1v) is 8.84. The van der Waals surface area contributed by atoms with Gasteiger partial charge in [0.05, 0.1) is 0 Å². The van der Waals surface area contributed by atoms with Crippen molar-refractivity contribution in [3.8, 4) is 0 Å². The number of nitrogens with zero attached hydrogens (tertiary/aromatic N) is 1. The van der Waals surface area contributed by atoms with E-state index in [0.717, 1.165) is 31.7 Å². The molecule has 21 heavy (non-hydrogen) atoms. The first-order valence-electron chi connectivity index (χ1n) is 7.40. The Labute approximate surface area is 126 Å². The van der Waals surface area contributed by atoms with Gasteiger partial charge >= 0.3 is 0 Å². The second-order valence-electron chi connectivity index (χ2n) is 5.80. The minimum Gasteiger partial charge on any atom is -0.399 e. The molecule has 1 fully saturated rings. The van der Waals surface area contributed by atoms with Gasteiger partial charge in [-0.2, -0.15) is 4.31 Å². The van der Waals surface area contributed by atoms with Crippen LogP contribution in [0.2, 0.25) is 0 Å². The molecule has 1 aromatic rings. The normalized spacial score (nSPS) is 19.6. The van der Waals surface area contributed by atoms with Crippen molar-refractivity contribution in [2.24, 2.45) is 5.41 Å². The highest BCUT2D eigenvalue weighted by atomic mass is 32.2. The summed E-state index contributed by atoms with van der Waals surface area (Å²) in [5.74, 6) is -0.744. The number of benzene rings is 1. The molecular formula is C15H23FN2O2S. The van der Waals surface area contributed by atoms with Crippen molar-refractivity contribution >= 4 is 15.7 Å². The summed E-state index contributed by atoms with van der Waals surface area (Å²) in [5, 5.41) is 0. The van der Waals surface area contributed by atoms with E-state index >= 15 is 0 Å². The molecule has 0 aliphatic carbocycles. The van der Waals surface area contributed by atoms with Crippen LogP contribution in [0.5, 0.6) is 0 Å². The van der Waals surface area contributed by atoms with E-state index in [4.69, 9.17) is 5.73 Å². The zero-order chi connectivity index (χ0) is 15.7. The summed E-state index contributed by atoms with van der Waals surface area (Å²) in [6.45, 7) is 5.17. The maximum atomic E-state index is 13.8. The number of anilines is 1. The molecule has 0 spiro atoms. The van der Waals surface area contributed by atoms with Crippen LogP contribution in [0, 0.1) is 11.2 Å². The molecule has 1 aromatic carbocycles. The SMILES string of the molecule is CCC1(CC)CCN(S(=O)(=O)c2cc(N)ccc2F)CC1. The fourth-order valence-electron chi connectivity index (χ4n) is 3.01. The number of nitrogen functional groups attached to an aromatic ring is 1. The van der Waals surface area contributed by atoms with E-state index in [9.17, 15) is 12.8 Å². The molecule has 2 rings (SSSR count). The predicted octanol–water partition coefficient (Wildman–Crippen LogP) is 3.00. The van der Waals surface area contributed by atoms with Crippen LogP contribution < -0.4 is 5.73 Å². The van der Waals surface area contributed by atoms with Crippen molar-refractivity contribution in [1.82, 2.24) is 4.31 Å². The Balaban J connectivity index is 2.24. The number of nitrogens with two attached hydrogens (primary N) is 1. The van der Waals surface area contributed by atoms with Gasteiger partial charge in [0, 0.05) is 18.8 Å². The summed E-state index contributed by atoms with van der Waals surface area (Å²) in [6, 6.07) is 3.67. The molecule has 1 saturated heterocycles. The fraction of sp³-hybridized carbons (Fsp3) is 0.600. The van der Waals surface area contributed by atoms with Crippen molar-refractivity contribution in [3.63, 3.8) is 0 Å². The lowest BCUT2D eigenvalue weighted by atomic mass is 9.75. The van der Waals surface area contributed by atoms with Crippen LogP contribution in [0.4, 0.5) is 10.1 Å². The molecule has 0 saturated carbocycles. The summed E-state index contributed by atoms with van der Waals surface area (Å²) in [7, 11) is -3.80. The molecule has 1 aliphatic rings. The van der Waals surface area contributed by atoms with Gasteiger partial charge in [-0.15, -0.1) is 0 Å². The van der Waals surface area contributed by atoms with Crippen molar-refractivity contribution < 1.29 is 12.8 Å². The smallest absolute Gasteiger partial charge is 0.246 e. The van der Waals surface area contributed by atoms with E-state index in [-0.39, 0.29) is 16.0 Å². The van der Waals surface area contributed by atoms with Crippen molar-refractivity contribution in [3.05, 3.63) is 24.0 Å². The standard InChI is InChI=1S/C15H23FN2O2S/c1-3-15(4-2)7-9-18(10-8-15)21(19,20)14-11-12(17)5-6-13(14)16/h5-6,11H,3-4,7-10,17H2,1-2H3. The van der Waals surface area contributed by atoms with E-state index in [2.05, 4.69) is 13.8 Å². The van der Waals surface area contributed by atoms with Gasteiger partial charge < -0.3 is 5.73 Å². The molecule has 0 amide bonds. The molecule has 0 radical (unpaired) electrons. The zero-order valence-electron chi connectivity index (χ0n) is 12.6. The Morgan fingerprint density at radius 1 is 1.24 bits per heavy atom. The third kappa shape index (κ3) is 3.06. The number of sulfonamides is 1. The lowest BCUT2D eigenvalue weighted by Gasteiger charge is -2.40. The first-order chi connectivity index (χ1) is 9.84. The average molecular weight is 314 g/mol. The van der Waals surface area contributed by atoms with Gasteiger partial charge in [-0.3, -0.25) is 0 Å². The first kappa shape index (κ1) is 16.2. The Bertz CT molecular complexity index is 602. The molecule has 118 valence electrons. The van der Waals surface area contributed by atoms with Gasteiger partial charge in [0.25, 0.3) is 0 Å². The van der Waals surface area contributed by atoms with Crippen molar-refractivity contribution in [1.29, 1.82) is 0 Å². The van der Waals surface area contributed by atoms with Gasteiger partial charge in [0.2, 0.25) is 10.0 Å². The summed E-state index contributed by atoms with van der Waals surface area (Å²) >= 11 is 0. The summed E-state index contributed by atoms with van der Waals surface area (Å²) in [5.41, 5.74) is 6.07. The lowest BCUT2D eigenvalue weighted by Crippen LogP contribution is -2.43. The van der Waals surface area contributed by atoms with Crippen LogP contribution in [0.25, 0.3) is 0 Å². The quantitative estimate of drug-likeness (QED) is 0.869. The summed E-state index contributed by atoms with van der Waals surface area (Å²) < 4.78 is 40.4. The van der Waals surface area contributed by atoms with Crippen molar-refractivity contribution in [2.45, 2.75) is 44.4 Å². The molecule has 0 unspecified atom stereocenters. The monoisotopic (exact) mass is 314 g/mol. The number of rotatable bonds is 4. The molecule has 1 heterocycles. The molecular weight excluding hydrogens is 291 g/mol. The molecule has 0 aromatic heterocycles. The van der Waals surface area contributed by atoms with E-state index in [1.165, 1.54) is 16.4 Å². The van der Waals surface area contributed by atoms with Crippen LogP contribution >= 0.6 is 0 Å². The molecule has 2 N–H and O–H groups in total. The van der Waals surface area contributed by atoms with Crippen LogP contribution in [0.15, 0.2) is 23.1 Å². The third-order valence-electron chi connectivity index (χ3n) is 4.86. The highest BCUT2D eigenvalue weighted by Gasteiger charge is 2.37. The maximum Gasteiger partial charge on any atom is 0.246 e. The largest absolute Gasteiger partial charge is 0.399 e. The van der Waals surface area contributed by atoms with Gasteiger partial charge in [0.15, 0.2) is 0 Å². The number of piperidine rings is 1. The minimum absolute atomic E-state index is 0.223. The van der Waals surface area contributed by atoms with Gasteiger partial charge in [-0.1, -0.05) is 26.7 Å². The van der Waals surface area contributed by atoms with Crippen LogP contribution in [0.3, 0.4) is 0 Å². The van der Waals surface area contributed by atoms with Crippen molar-refractivity contribution in [2.75, 3.05) is 18.8 Å². The summed E-state index contributed by atoms with van der Waals surface area (Å²) in [4.78, 5) is -0.317. The van der Waals surface area contributed by atoms with E-state index in [1.807, 2.05) is 0 Å². The van der Waals surface area contributed by atoms with E-state index in [1.54, 1.807) is 0 Å². The maximum absolute atomic E-state index is 13.8. The molecule has 0 atom stereocenters. The third-order valence-corrected chi connectivity index (χ3v) is 6.77. The lowest BCUT2D eigenvalue weighted by molar-refractivity contribution is 0.141. The zero-order valence-corrected chi connectivity index (χ0v) is 13.4. The van der Waals surface area contributed by atoms with Gasteiger partial charge in [-0.05, 0) is 36.5 Å². The second kappa shape index (κ2) is 5.93. The highest BCUT2D eigenvalue weighted by molar-refractivity contribution is 7.89. The number of halogens is 1. The molecule has 6 heteroatoms. The van der Waals surface area contributed by atoms with E-state index < -0.39 is 15.8 Å². The Morgan fingerprint density at radius 2 is 1.81 bits per heavy atom. The molecule has 0 bridgehead atoms. The number of hydrogen-bond acceptors (Lipinski definition) is 3. The Morgan fingerprint density at radius 3 is 2.33 bits per heavy atom. The average Bonchev–Trinajstić information content (AvgIpc) is 2.49. The Kier molecular flexibility index (Phi) is 4.58. The number of hydrogen-bond donors (Lipinski definition) is 1. The fourth-order valence-corrected chi connectivity index (χ4v) is 4.56. The van der Waals surface area contributed by atoms with Gasteiger partial charge in [-0.25, -0.2) is 12.8 Å². The van der Waals surface area contributed by atoms with Crippen LogP contribution in [0.1, 0.15) is 39.5 Å². The van der Waals surface area contributed by atoms with Gasteiger partial charge in [0.1, 0.15) is 10.7 Å². The van der Waals surface area contributed by atoms with E-state index in [0.29, 0.717) is 13.1 Å². The van der Waals surface area contributed by atoms with Crippen LogP contribution in [-0.2, 0) is 10.0 Å². The topological polar surface area (TPSA) is 63.4 Å². The minimum atomic E-state index is -3.80.